The second-order valence-electron chi connectivity index (χ2n) is 3.83. The summed E-state index contributed by atoms with van der Waals surface area (Å²) in [5.41, 5.74) is 6.34. The molecule has 0 aliphatic heterocycles. The number of methoxy groups -OCH3 is 1. The average molecular weight is 337 g/mol. The molecule has 98 valence electrons. The Hall–Kier alpha value is -1.46. The van der Waals surface area contributed by atoms with Gasteiger partial charge in [-0.2, -0.15) is 0 Å². The van der Waals surface area contributed by atoms with E-state index in [1.54, 1.807) is 18.9 Å². The molecule has 0 amide bonds. The summed E-state index contributed by atoms with van der Waals surface area (Å²) in [5.74, 6) is 0.897. The highest BCUT2D eigenvalue weighted by Crippen LogP contribution is 2.33. The summed E-state index contributed by atoms with van der Waals surface area (Å²) in [6.07, 6.45) is 0. The Balaban J connectivity index is 2.31. The number of hydrogen-bond donors (Lipinski definition) is 2. The van der Waals surface area contributed by atoms with Gasteiger partial charge in [0.15, 0.2) is 0 Å². The first kappa shape index (κ1) is 14.0. The first-order chi connectivity index (χ1) is 9.10. The maximum absolute atomic E-state index is 7.61. The number of nitrogens with one attached hydrogen (secondary N) is 1. The van der Waals surface area contributed by atoms with Gasteiger partial charge < -0.3 is 10.5 Å². The minimum atomic E-state index is 0.0727. The number of nitrogen functional groups attached to an aromatic ring is 1. The zero-order valence-corrected chi connectivity index (χ0v) is 12.7. The van der Waals surface area contributed by atoms with E-state index in [0.29, 0.717) is 0 Å². The molecule has 0 bridgehead atoms. The standard InChI is InChI=1S/C14H13BrN2OS/c1-18-10-3-5-11(6-4-10)19-13-8-9(15)2-7-12(13)14(16)17/h2-8H,1H3,(H3,16,17). The Kier molecular flexibility index (Phi) is 4.50. The van der Waals surface area contributed by atoms with Crippen LogP contribution in [0.1, 0.15) is 5.56 Å². The van der Waals surface area contributed by atoms with Gasteiger partial charge in [0.2, 0.25) is 0 Å². The van der Waals surface area contributed by atoms with Crippen LogP contribution in [0.4, 0.5) is 0 Å². The Labute approximate surface area is 124 Å². The predicted octanol–water partition coefficient (Wildman–Crippen LogP) is 3.89. The highest BCUT2D eigenvalue weighted by molar-refractivity contribution is 9.10. The van der Waals surface area contributed by atoms with E-state index < -0.39 is 0 Å². The molecular weight excluding hydrogens is 324 g/mol. The molecule has 2 rings (SSSR count). The number of amidine groups is 1. The number of halogens is 1. The molecule has 0 saturated heterocycles. The van der Waals surface area contributed by atoms with Crippen LogP contribution in [0.2, 0.25) is 0 Å². The molecule has 2 aromatic rings. The Bertz CT molecular complexity index is 599. The normalized spacial score (nSPS) is 10.2. The fourth-order valence-corrected chi connectivity index (χ4v) is 3.09. The molecule has 19 heavy (non-hydrogen) atoms. The molecule has 0 fully saturated rings. The van der Waals surface area contributed by atoms with Gasteiger partial charge in [-0.3, -0.25) is 5.41 Å². The van der Waals surface area contributed by atoms with Crippen molar-refractivity contribution in [1.29, 1.82) is 5.41 Å². The lowest BCUT2D eigenvalue weighted by Crippen LogP contribution is -2.12. The van der Waals surface area contributed by atoms with Crippen molar-refractivity contribution in [2.24, 2.45) is 5.73 Å². The van der Waals surface area contributed by atoms with Crippen molar-refractivity contribution in [1.82, 2.24) is 0 Å². The van der Waals surface area contributed by atoms with E-state index in [0.717, 1.165) is 25.6 Å². The lowest BCUT2D eigenvalue weighted by Gasteiger charge is -2.09. The zero-order valence-electron chi connectivity index (χ0n) is 10.3. The van der Waals surface area contributed by atoms with Crippen molar-refractivity contribution in [2.45, 2.75) is 9.79 Å². The Morgan fingerprint density at radius 2 is 1.89 bits per heavy atom. The lowest BCUT2D eigenvalue weighted by molar-refractivity contribution is 0.414. The summed E-state index contributed by atoms with van der Waals surface area (Å²) in [7, 11) is 1.64. The monoisotopic (exact) mass is 336 g/mol. The first-order valence-electron chi connectivity index (χ1n) is 5.56. The molecule has 3 N–H and O–H groups in total. The van der Waals surface area contributed by atoms with Crippen LogP contribution in [0, 0.1) is 5.41 Å². The minimum Gasteiger partial charge on any atom is -0.497 e. The SMILES string of the molecule is COc1ccc(Sc2cc(Br)ccc2C(=N)N)cc1. The van der Waals surface area contributed by atoms with E-state index in [9.17, 15) is 0 Å². The van der Waals surface area contributed by atoms with Crippen molar-refractivity contribution in [3.63, 3.8) is 0 Å². The smallest absolute Gasteiger partial charge is 0.123 e. The third-order valence-corrected chi connectivity index (χ3v) is 4.08. The van der Waals surface area contributed by atoms with E-state index in [-0.39, 0.29) is 5.84 Å². The largest absolute Gasteiger partial charge is 0.497 e. The van der Waals surface area contributed by atoms with Gasteiger partial charge in [-0.1, -0.05) is 27.7 Å². The predicted molar refractivity (Wildman–Crippen MR) is 82.3 cm³/mol. The fourth-order valence-electron chi connectivity index (χ4n) is 1.57. The van der Waals surface area contributed by atoms with Gasteiger partial charge in [0.1, 0.15) is 11.6 Å². The van der Waals surface area contributed by atoms with Crippen LogP contribution in [0.5, 0.6) is 5.75 Å². The molecule has 0 radical (unpaired) electrons. The molecular formula is C14H13BrN2OS. The van der Waals surface area contributed by atoms with Crippen molar-refractivity contribution >= 4 is 33.5 Å². The molecule has 0 aliphatic carbocycles. The zero-order chi connectivity index (χ0) is 13.8. The van der Waals surface area contributed by atoms with Crippen LogP contribution < -0.4 is 10.5 Å². The molecule has 0 spiro atoms. The molecule has 0 atom stereocenters. The number of hydrogen-bond acceptors (Lipinski definition) is 3. The molecule has 2 aromatic carbocycles. The summed E-state index contributed by atoms with van der Waals surface area (Å²) in [6, 6.07) is 13.5. The molecule has 3 nitrogen and oxygen atoms in total. The molecule has 0 aromatic heterocycles. The third kappa shape index (κ3) is 3.52. The van der Waals surface area contributed by atoms with Gasteiger partial charge in [0, 0.05) is 19.8 Å². The van der Waals surface area contributed by atoms with E-state index in [4.69, 9.17) is 15.9 Å². The topological polar surface area (TPSA) is 59.1 Å². The number of ether oxygens (including phenoxy) is 1. The van der Waals surface area contributed by atoms with Crippen LogP contribution in [0.3, 0.4) is 0 Å². The maximum Gasteiger partial charge on any atom is 0.123 e. The van der Waals surface area contributed by atoms with Crippen LogP contribution in [-0.2, 0) is 0 Å². The summed E-state index contributed by atoms with van der Waals surface area (Å²) in [6.45, 7) is 0. The highest BCUT2D eigenvalue weighted by atomic mass is 79.9. The second kappa shape index (κ2) is 6.12. The summed E-state index contributed by atoms with van der Waals surface area (Å²) in [5, 5.41) is 7.61. The number of benzene rings is 2. The summed E-state index contributed by atoms with van der Waals surface area (Å²) >= 11 is 5.01. The Morgan fingerprint density at radius 3 is 2.47 bits per heavy atom. The molecule has 0 heterocycles. The van der Waals surface area contributed by atoms with Gasteiger partial charge in [0.25, 0.3) is 0 Å². The van der Waals surface area contributed by atoms with Gasteiger partial charge in [-0.05, 0) is 42.5 Å². The van der Waals surface area contributed by atoms with Crippen LogP contribution in [0.15, 0.2) is 56.7 Å². The van der Waals surface area contributed by atoms with Crippen molar-refractivity contribution < 1.29 is 4.74 Å². The average Bonchev–Trinajstić information content (AvgIpc) is 2.39. The fraction of sp³-hybridized carbons (Fsp3) is 0.0714. The molecule has 5 heteroatoms. The van der Waals surface area contributed by atoms with Crippen LogP contribution in [-0.4, -0.2) is 12.9 Å². The van der Waals surface area contributed by atoms with E-state index in [1.165, 1.54) is 0 Å². The van der Waals surface area contributed by atoms with Crippen molar-refractivity contribution in [2.75, 3.05) is 7.11 Å². The van der Waals surface area contributed by atoms with E-state index in [1.807, 2.05) is 42.5 Å². The molecule has 0 unspecified atom stereocenters. The molecule has 0 aliphatic rings. The van der Waals surface area contributed by atoms with Crippen molar-refractivity contribution in [3.8, 4) is 5.75 Å². The van der Waals surface area contributed by atoms with E-state index >= 15 is 0 Å². The van der Waals surface area contributed by atoms with Crippen LogP contribution >= 0.6 is 27.7 Å². The van der Waals surface area contributed by atoms with Gasteiger partial charge in [-0.25, -0.2) is 0 Å². The van der Waals surface area contributed by atoms with Crippen LogP contribution in [0.25, 0.3) is 0 Å². The minimum absolute atomic E-state index is 0.0727. The number of rotatable bonds is 4. The van der Waals surface area contributed by atoms with Gasteiger partial charge >= 0.3 is 0 Å². The molecule has 0 saturated carbocycles. The second-order valence-corrected chi connectivity index (χ2v) is 5.86. The Morgan fingerprint density at radius 1 is 1.21 bits per heavy atom. The lowest BCUT2D eigenvalue weighted by atomic mass is 10.2. The third-order valence-electron chi connectivity index (χ3n) is 2.52. The van der Waals surface area contributed by atoms with Gasteiger partial charge in [-0.15, -0.1) is 0 Å². The number of nitrogens with two attached hydrogens (primary N) is 1. The summed E-state index contributed by atoms with van der Waals surface area (Å²) in [4.78, 5) is 2.02. The van der Waals surface area contributed by atoms with Gasteiger partial charge in [0.05, 0.1) is 7.11 Å². The first-order valence-corrected chi connectivity index (χ1v) is 7.17. The quantitative estimate of drug-likeness (QED) is 0.657. The highest BCUT2D eigenvalue weighted by Gasteiger charge is 2.08. The van der Waals surface area contributed by atoms with Crippen molar-refractivity contribution in [3.05, 3.63) is 52.5 Å². The van der Waals surface area contributed by atoms with E-state index in [2.05, 4.69) is 15.9 Å². The maximum atomic E-state index is 7.61. The summed E-state index contributed by atoms with van der Waals surface area (Å²) < 4.78 is 6.10.